The van der Waals surface area contributed by atoms with Crippen molar-refractivity contribution in [1.29, 1.82) is 0 Å². The van der Waals surface area contributed by atoms with Crippen LogP contribution in [0.25, 0.3) is 0 Å². The first-order valence-electron chi connectivity index (χ1n) is 6.39. The van der Waals surface area contributed by atoms with Crippen molar-refractivity contribution < 1.29 is 9.90 Å². The molecule has 20 heavy (non-hydrogen) atoms. The van der Waals surface area contributed by atoms with Gasteiger partial charge in [0.15, 0.2) is 0 Å². The molecule has 0 atom stereocenters. The molecule has 0 aliphatic rings. The number of aromatic hydroxyl groups is 1. The van der Waals surface area contributed by atoms with Gasteiger partial charge < -0.3 is 15.7 Å². The summed E-state index contributed by atoms with van der Waals surface area (Å²) in [6.45, 7) is 3.94. The molecule has 0 spiro atoms. The molecule has 0 fully saturated rings. The second-order valence-corrected chi connectivity index (χ2v) is 4.67. The van der Waals surface area contributed by atoms with Crippen LogP contribution in [-0.4, -0.2) is 22.0 Å². The number of aromatic nitrogens is 1. The summed E-state index contributed by atoms with van der Waals surface area (Å²) in [5.41, 5.74) is 0.807. The molecule has 0 aliphatic heterocycles. The predicted molar refractivity (Wildman–Crippen MR) is 79.1 cm³/mol. The zero-order chi connectivity index (χ0) is 14.5. The molecule has 3 N–H and O–H groups in total. The smallest absolute Gasteiger partial charge is 0.259 e. The molecule has 0 bridgehead atoms. The van der Waals surface area contributed by atoms with Crippen LogP contribution in [0.5, 0.6) is 5.75 Å². The van der Waals surface area contributed by atoms with Crippen LogP contribution in [0.15, 0.2) is 42.6 Å². The lowest BCUT2D eigenvalue weighted by atomic mass is 10.2. The topological polar surface area (TPSA) is 74.2 Å². The Balaban J connectivity index is 2.23. The number of benzene rings is 1. The zero-order valence-corrected chi connectivity index (χ0v) is 11.4. The number of pyridine rings is 1. The molecule has 0 aliphatic carbocycles. The van der Waals surface area contributed by atoms with Crippen LogP contribution in [0.3, 0.4) is 0 Å². The van der Waals surface area contributed by atoms with E-state index < -0.39 is 0 Å². The second kappa shape index (κ2) is 6.06. The van der Waals surface area contributed by atoms with Crippen molar-refractivity contribution in [3.8, 4) is 5.75 Å². The number of anilines is 2. The number of para-hydroxylation sites is 2. The molecule has 104 valence electrons. The van der Waals surface area contributed by atoms with E-state index in [1.807, 2.05) is 13.8 Å². The van der Waals surface area contributed by atoms with Crippen LogP contribution in [0, 0.1) is 0 Å². The summed E-state index contributed by atoms with van der Waals surface area (Å²) in [4.78, 5) is 16.4. The van der Waals surface area contributed by atoms with Crippen molar-refractivity contribution in [3.05, 3.63) is 48.2 Å². The Morgan fingerprint density at radius 1 is 1.20 bits per heavy atom. The third kappa shape index (κ3) is 3.26. The Bertz CT molecular complexity index is 612. The highest BCUT2D eigenvalue weighted by atomic mass is 16.3. The SMILES string of the molecule is CC(C)Nc1ncccc1C(=O)Nc1ccccc1O. The Morgan fingerprint density at radius 2 is 1.95 bits per heavy atom. The molecule has 0 saturated heterocycles. The minimum absolute atomic E-state index is 0.0307. The Morgan fingerprint density at radius 3 is 2.65 bits per heavy atom. The zero-order valence-electron chi connectivity index (χ0n) is 11.4. The van der Waals surface area contributed by atoms with Crippen molar-refractivity contribution in [3.63, 3.8) is 0 Å². The van der Waals surface area contributed by atoms with E-state index in [2.05, 4.69) is 15.6 Å². The van der Waals surface area contributed by atoms with Gasteiger partial charge in [0, 0.05) is 12.2 Å². The first-order valence-corrected chi connectivity index (χ1v) is 6.39. The maximum atomic E-state index is 12.3. The summed E-state index contributed by atoms with van der Waals surface area (Å²) in [6, 6.07) is 10.2. The fraction of sp³-hybridized carbons (Fsp3) is 0.200. The number of phenolic OH excluding ortho intramolecular Hbond substituents is 1. The fourth-order valence-corrected chi connectivity index (χ4v) is 1.75. The highest BCUT2D eigenvalue weighted by molar-refractivity contribution is 6.08. The molecule has 1 aromatic carbocycles. The largest absolute Gasteiger partial charge is 0.506 e. The van der Waals surface area contributed by atoms with Gasteiger partial charge in [-0.2, -0.15) is 0 Å². The van der Waals surface area contributed by atoms with Gasteiger partial charge in [0.25, 0.3) is 5.91 Å². The van der Waals surface area contributed by atoms with Gasteiger partial charge in [0.2, 0.25) is 0 Å². The number of carbonyl (C=O) groups is 1. The molecule has 0 radical (unpaired) electrons. The van der Waals surface area contributed by atoms with Crippen molar-refractivity contribution in [2.24, 2.45) is 0 Å². The van der Waals surface area contributed by atoms with Crippen molar-refractivity contribution in [2.75, 3.05) is 10.6 Å². The molecule has 1 aromatic heterocycles. The maximum absolute atomic E-state index is 12.3. The average Bonchev–Trinajstić information content (AvgIpc) is 2.41. The quantitative estimate of drug-likeness (QED) is 0.747. The standard InChI is InChI=1S/C15H17N3O2/c1-10(2)17-14-11(6-5-9-16-14)15(20)18-12-7-3-4-8-13(12)19/h3-10,19H,1-2H3,(H,16,17)(H,18,20). The number of nitrogens with one attached hydrogen (secondary N) is 2. The van der Waals surface area contributed by atoms with E-state index in [-0.39, 0.29) is 17.7 Å². The molecule has 1 heterocycles. The predicted octanol–water partition coefficient (Wildman–Crippen LogP) is 2.86. The van der Waals surface area contributed by atoms with E-state index >= 15 is 0 Å². The normalized spacial score (nSPS) is 10.3. The van der Waals surface area contributed by atoms with E-state index in [4.69, 9.17) is 0 Å². The number of carbonyl (C=O) groups excluding carboxylic acids is 1. The summed E-state index contributed by atoms with van der Waals surface area (Å²) in [5.74, 6) is 0.237. The molecule has 0 saturated carbocycles. The summed E-state index contributed by atoms with van der Waals surface area (Å²) in [7, 11) is 0. The number of rotatable bonds is 4. The van der Waals surface area contributed by atoms with E-state index in [0.29, 0.717) is 17.1 Å². The summed E-state index contributed by atoms with van der Waals surface area (Å²) < 4.78 is 0. The second-order valence-electron chi connectivity index (χ2n) is 4.67. The summed E-state index contributed by atoms with van der Waals surface area (Å²) >= 11 is 0. The third-order valence-corrected chi connectivity index (χ3v) is 2.63. The number of phenols is 1. The van der Waals surface area contributed by atoms with Gasteiger partial charge in [-0.15, -0.1) is 0 Å². The van der Waals surface area contributed by atoms with E-state index in [1.165, 1.54) is 6.07 Å². The highest BCUT2D eigenvalue weighted by Crippen LogP contribution is 2.23. The van der Waals surface area contributed by atoms with Crippen LogP contribution >= 0.6 is 0 Å². The number of hydrogen-bond donors (Lipinski definition) is 3. The molecular formula is C15H17N3O2. The molecular weight excluding hydrogens is 254 g/mol. The van der Waals surface area contributed by atoms with Gasteiger partial charge in [-0.1, -0.05) is 12.1 Å². The van der Waals surface area contributed by atoms with Crippen molar-refractivity contribution in [2.45, 2.75) is 19.9 Å². The molecule has 1 amide bonds. The Hall–Kier alpha value is -2.56. The van der Waals surface area contributed by atoms with Crippen LogP contribution in [-0.2, 0) is 0 Å². The minimum Gasteiger partial charge on any atom is -0.506 e. The fourth-order valence-electron chi connectivity index (χ4n) is 1.75. The van der Waals surface area contributed by atoms with Crippen LogP contribution in [0.1, 0.15) is 24.2 Å². The van der Waals surface area contributed by atoms with Gasteiger partial charge in [-0.25, -0.2) is 4.98 Å². The molecule has 2 rings (SSSR count). The van der Waals surface area contributed by atoms with Crippen molar-refractivity contribution in [1.82, 2.24) is 4.98 Å². The lowest BCUT2D eigenvalue weighted by Gasteiger charge is -2.13. The molecule has 5 heteroatoms. The average molecular weight is 271 g/mol. The molecule has 5 nitrogen and oxygen atoms in total. The Kier molecular flexibility index (Phi) is 4.20. The summed E-state index contributed by atoms with van der Waals surface area (Å²) in [6.07, 6.45) is 1.63. The van der Waals surface area contributed by atoms with Crippen LogP contribution in [0.4, 0.5) is 11.5 Å². The van der Waals surface area contributed by atoms with Gasteiger partial charge in [0.1, 0.15) is 11.6 Å². The van der Waals surface area contributed by atoms with Gasteiger partial charge in [-0.05, 0) is 38.1 Å². The van der Waals surface area contributed by atoms with Gasteiger partial charge in [0.05, 0.1) is 11.3 Å². The maximum Gasteiger partial charge on any atom is 0.259 e. The van der Waals surface area contributed by atoms with E-state index in [9.17, 15) is 9.90 Å². The van der Waals surface area contributed by atoms with E-state index in [1.54, 1.807) is 36.5 Å². The number of nitrogens with zero attached hydrogens (tertiary/aromatic N) is 1. The van der Waals surface area contributed by atoms with Gasteiger partial charge >= 0.3 is 0 Å². The van der Waals surface area contributed by atoms with Crippen molar-refractivity contribution >= 4 is 17.4 Å². The summed E-state index contributed by atoms with van der Waals surface area (Å²) in [5, 5.41) is 15.5. The first-order chi connectivity index (χ1) is 9.58. The van der Waals surface area contributed by atoms with Crippen LogP contribution in [0.2, 0.25) is 0 Å². The Labute approximate surface area is 117 Å². The van der Waals surface area contributed by atoms with E-state index in [0.717, 1.165) is 0 Å². The lowest BCUT2D eigenvalue weighted by Crippen LogP contribution is -2.18. The monoisotopic (exact) mass is 271 g/mol. The van der Waals surface area contributed by atoms with Crippen LogP contribution < -0.4 is 10.6 Å². The minimum atomic E-state index is -0.317. The van der Waals surface area contributed by atoms with Gasteiger partial charge in [-0.3, -0.25) is 4.79 Å². The molecule has 0 unspecified atom stereocenters. The third-order valence-electron chi connectivity index (χ3n) is 2.63. The lowest BCUT2D eigenvalue weighted by molar-refractivity contribution is 0.102. The number of hydrogen-bond acceptors (Lipinski definition) is 4. The first kappa shape index (κ1) is 13.9. The number of amides is 1. The molecule has 2 aromatic rings. The highest BCUT2D eigenvalue weighted by Gasteiger charge is 2.14.